The van der Waals surface area contributed by atoms with Gasteiger partial charge >= 0.3 is 0 Å². The number of hydrogen-bond acceptors (Lipinski definition) is 7. The van der Waals surface area contributed by atoms with Crippen molar-refractivity contribution in [3.63, 3.8) is 0 Å². The molecule has 3 aromatic carbocycles. The van der Waals surface area contributed by atoms with Gasteiger partial charge in [-0.1, -0.05) is 51.5 Å². The predicted molar refractivity (Wildman–Crippen MR) is 160 cm³/mol. The van der Waals surface area contributed by atoms with Gasteiger partial charge in [0.05, 0.1) is 11.7 Å². The first kappa shape index (κ1) is 29.2. The molecule has 1 fully saturated rings. The van der Waals surface area contributed by atoms with E-state index in [0.29, 0.717) is 51.9 Å². The zero-order valence-corrected chi connectivity index (χ0v) is 24.1. The van der Waals surface area contributed by atoms with E-state index < -0.39 is 5.82 Å². The summed E-state index contributed by atoms with van der Waals surface area (Å²) in [5.41, 5.74) is 2.32. The van der Waals surface area contributed by atoms with Crippen LogP contribution in [0.3, 0.4) is 0 Å². The van der Waals surface area contributed by atoms with Gasteiger partial charge in [0.1, 0.15) is 23.9 Å². The topological polar surface area (TPSA) is 114 Å². The maximum Gasteiger partial charge on any atom is 0.250 e. The van der Waals surface area contributed by atoms with Crippen LogP contribution < -0.4 is 15.4 Å². The number of carbonyl (C=O) groups is 1. The molecule has 1 amide bonds. The molecule has 1 heterocycles. The fourth-order valence-electron chi connectivity index (χ4n) is 5.52. The standard InChI is InChI=1S/C32H37FN6O3/c1-20(2)24-15-14-21(3)16-30(24)41-19-31(40)35-23-9-6-8-22(17-23)34-18-26-27(33)11-7-13-29(26)42-28-12-5-4-10-25(28)32-36-38-39-37-32/h4-13,17,20-21,24,30,34H,14-16,18-19H2,1-3H3,(H,35,40)(H,36,37,38,39). The molecule has 0 aliphatic heterocycles. The summed E-state index contributed by atoms with van der Waals surface area (Å²) in [7, 11) is 0. The highest BCUT2D eigenvalue weighted by molar-refractivity contribution is 5.92. The lowest BCUT2D eigenvalue weighted by molar-refractivity contribution is -0.126. The van der Waals surface area contributed by atoms with Crippen molar-refractivity contribution in [2.45, 2.75) is 52.7 Å². The Morgan fingerprint density at radius 2 is 1.83 bits per heavy atom. The van der Waals surface area contributed by atoms with E-state index in [2.05, 4.69) is 52.0 Å². The number of halogens is 1. The number of benzene rings is 3. The molecule has 3 unspecified atom stereocenters. The maximum atomic E-state index is 15.0. The van der Waals surface area contributed by atoms with E-state index in [-0.39, 0.29) is 25.2 Å². The minimum atomic E-state index is -0.407. The molecule has 220 valence electrons. The van der Waals surface area contributed by atoms with Crippen molar-refractivity contribution in [3.05, 3.63) is 78.1 Å². The summed E-state index contributed by atoms with van der Waals surface area (Å²) in [6.07, 6.45) is 3.44. The lowest BCUT2D eigenvalue weighted by Crippen LogP contribution is -2.36. The summed E-state index contributed by atoms with van der Waals surface area (Å²) in [6.45, 7) is 6.86. The highest BCUT2D eigenvalue weighted by Gasteiger charge is 2.31. The number of hydrogen-bond donors (Lipinski definition) is 3. The van der Waals surface area contributed by atoms with Gasteiger partial charge in [0.25, 0.3) is 0 Å². The lowest BCUT2D eigenvalue weighted by atomic mass is 9.75. The van der Waals surface area contributed by atoms with Crippen LogP contribution in [0.2, 0.25) is 0 Å². The van der Waals surface area contributed by atoms with Gasteiger partial charge in [0, 0.05) is 23.5 Å². The molecule has 42 heavy (non-hydrogen) atoms. The van der Waals surface area contributed by atoms with E-state index in [4.69, 9.17) is 9.47 Å². The summed E-state index contributed by atoms with van der Waals surface area (Å²) >= 11 is 0. The van der Waals surface area contributed by atoms with Gasteiger partial charge in [0.15, 0.2) is 0 Å². The summed E-state index contributed by atoms with van der Waals surface area (Å²) in [4.78, 5) is 12.7. The summed E-state index contributed by atoms with van der Waals surface area (Å²) in [6, 6.07) is 19.2. The van der Waals surface area contributed by atoms with E-state index in [1.54, 1.807) is 24.3 Å². The van der Waals surface area contributed by atoms with E-state index in [0.717, 1.165) is 18.5 Å². The van der Waals surface area contributed by atoms with Gasteiger partial charge < -0.3 is 20.1 Å². The van der Waals surface area contributed by atoms with Crippen molar-refractivity contribution >= 4 is 17.3 Å². The molecule has 3 N–H and O–H groups in total. The molecule has 9 nitrogen and oxygen atoms in total. The fraction of sp³-hybridized carbons (Fsp3) is 0.375. The lowest BCUT2D eigenvalue weighted by Gasteiger charge is -2.37. The van der Waals surface area contributed by atoms with Crippen LogP contribution in [0.5, 0.6) is 11.5 Å². The number of rotatable bonds is 11. The Labute approximate surface area is 245 Å². The Bertz CT molecular complexity index is 1480. The number of carbonyl (C=O) groups excluding carboxylic acids is 1. The highest BCUT2D eigenvalue weighted by atomic mass is 19.1. The third-order valence-electron chi connectivity index (χ3n) is 7.77. The zero-order valence-electron chi connectivity index (χ0n) is 24.1. The van der Waals surface area contributed by atoms with Crippen LogP contribution in [-0.4, -0.2) is 39.2 Å². The Balaban J connectivity index is 1.21. The highest BCUT2D eigenvalue weighted by Crippen LogP contribution is 2.36. The number of ether oxygens (including phenoxy) is 2. The molecule has 1 aliphatic rings. The number of nitrogens with one attached hydrogen (secondary N) is 3. The van der Waals surface area contributed by atoms with Gasteiger partial charge in [-0.25, -0.2) is 4.39 Å². The van der Waals surface area contributed by atoms with E-state index in [1.165, 1.54) is 12.5 Å². The van der Waals surface area contributed by atoms with E-state index in [9.17, 15) is 9.18 Å². The summed E-state index contributed by atoms with van der Waals surface area (Å²) in [5, 5.41) is 20.3. The second kappa shape index (κ2) is 13.6. The van der Waals surface area contributed by atoms with Crippen LogP contribution in [0.1, 0.15) is 45.6 Å². The second-order valence-electron chi connectivity index (χ2n) is 11.2. The molecule has 1 aliphatic carbocycles. The number of para-hydroxylation sites is 1. The number of aromatic amines is 1. The molecule has 1 saturated carbocycles. The van der Waals surface area contributed by atoms with E-state index >= 15 is 0 Å². The molecule has 0 spiro atoms. The average molecular weight is 573 g/mol. The summed E-state index contributed by atoms with van der Waals surface area (Å²) in [5.74, 6) is 2.20. The number of tetrazole rings is 1. The van der Waals surface area contributed by atoms with Crippen LogP contribution >= 0.6 is 0 Å². The van der Waals surface area contributed by atoms with Gasteiger partial charge in [-0.15, -0.1) is 10.2 Å². The molecule has 1 aromatic heterocycles. The summed E-state index contributed by atoms with van der Waals surface area (Å²) < 4.78 is 27.2. The van der Waals surface area contributed by atoms with E-state index in [1.807, 2.05) is 36.4 Å². The van der Waals surface area contributed by atoms with Crippen LogP contribution in [-0.2, 0) is 16.1 Å². The van der Waals surface area contributed by atoms with Crippen molar-refractivity contribution < 1.29 is 18.7 Å². The molecule has 10 heteroatoms. The molecule has 0 radical (unpaired) electrons. The maximum absolute atomic E-state index is 15.0. The monoisotopic (exact) mass is 572 g/mol. The Kier molecular flexibility index (Phi) is 9.43. The van der Waals surface area contributed by atoms with Crippen molar-refractivity contribution in [2.75, 3.05) is 17.2 Å². The first-order valence-electron chi connectivity index (χ1n) is 14.4. The van der Waals surface area contributed by atoms with Gasteiger partial charge in [-0.3, -0.25) is 4.79 Å². The molecular weight excluding hydrogens is 535 g/mol. The number of H-pyrrole nitrogens is 1. The second-order valence-corrected chi connectivity index (χ2v) is 11.2. The minimum absolute atomic E-state index is 0.0134. The van der Waals surface area contributed by atoms with Crippen molar-refractivity contribution in [2.24, 2.45) is 17.8 Å². The van der Waals surface area contributed by atoms with Gasteiger partial charge in [-0.2, -0.15) is 5.21 Å². The first-order valence-corrected chi connectivity index (χ1v) is 14.4. The molecule has 5 rings (SSSR count). The van der Waals surface area contributed by atoms with Crippen molar-refractivity contribution in [1.82, 2.24) is 20.6 Å². The predicted octanol–water partition coefficient (Wildman–Crippen LogP) is 6.83. The van der Waals surface area contributed by atoms with Crippen LogP contribution in [0.15, 0.2) is 66.7 Å². The third kappa shape index (κ3) is 7.30. The number of nitrogens with zero attached hydrogens (tertiary/aromatic N) is 3. The number of anilines is 2. The normalized spacial score (nSPS) is 18.5. The smallest absolute Gasteiger partial charge is 0.250 e. The Morgan fingerprint density at radius 3 is 2.64 bits per heavy atom. The third-order valence-corrected chi connectivity index (χ3v) is 7.77. The Hall–Kier alpha value is -4.31. The average Bonchev–Trinajstić information content (AvgIpc) is 3.51. The molecule has 3 atom stereocenters. The Morgan fingerprint density at radius 1 is 1.05 bits per heavy atom. The first-order chi connectivity index (χ1) is 20.4. The SMILES string of the molecule is CC1CCC(C(C)C)C(OCC(=O)Nc2cccc(NCc3c(F)cccc3Oc3ccccc3-c3nn[nH]n3)c2)C1. The van der Waals surface area contributed by atoms with Crippen LogP contribution in [0.25, 0.3) is 11.4 Å². The van der Waals surface area contributed by atoms with Crippen LogP contribution in [0, 0.1) is 23.6 Å². The molecular formula is C32H37FN6O3. The zero-order chi connectivity index (χ0) is 29.5. The largest absolute Gasteiger partial charge is 0.456 e. The number of aromatic nitrogens is 4. The minimum Gasteiger partial charge on any atom is -0.456 e. The molecule has 0 saturated heterocycles. The van der Waals surface area contributed by atoms with Gasteiger partial charge in [-0.05, 0) is 78.3 Å². The molecule has 0 bridgehead atoms. The van der Waals surface area contributed by atoms with Crippen molar-refractivity contribution in [1.29, 1.82) is 0 Å². The van der Waals surface area contributed by atoms with Crippen LogP contribution in [0.4, 0.5) is 15.8 Å². The van der Waals surface area contributed by atoms with Gasteiger partial charge in [0.2, 0.25) is 11.7 Å². The molecule has 4 aromatic rings. The van der Waals surface area contributed by atoms with Crippen molar-refractivity contribution in [3.8, 4) is 22.9 Å². The fourth-order valence-corrected chi connectivity index (χ4v) is 5.52. The quantitative estimate of drug-likeness (QED) is 0.181. The number of amides is 1.